The fourth-order valence-corrected chi connectivity index (χ4v) is 4.18. The van der Waals surface area contributed by atoms with Crippen LogP contribution in [-0.4, -0.2) is 17.8 Å². The lowest BCUT2D eigenvalue weighted by Gasteiger charge is -2.27. The molecule has 0 aromatic heterocycles. The van der Waals surface area contributed by atoms with E-state index in [0.717, 1.165) is 31.0 Å². The quantitative estimate of drug-likeness (QED) is 0.323. The van der Waals surface area contributed by atoms with E-state index in [4.69, 9.17) is 5.21 Å². The van der Waals surface area contributed by atoms with E-state index < -0.39 is 0 Å². The van der Waals surface area contributed by atoms with Crippen LogP contribution < -0.4 is 16.1 Å². The van der Waals surface area contributed by atoms with Gasteiger partial charge in [-0.25, -0.2) is 0 Å². The molecule has 140 valence electrons. The van der Waals surface area contributed by atoms with Gasteiger partial charge in [0, 0.05) is 24.2 Å². The van der Waals surface area contributed by atoms with Crippen molar-refractivity contribution in [2.75, 3.05) is 6.54 Å². The average Bonchev–Trinajstić information content (AvgIpc) is 2.99. The molecular formula is C22H31N3O. The average molecular weight is 354 g/mol. The fraction of sp³-hybridized carbons (Fsp3) is 0.455. The Morgan fingerprint density at radius 3 is 2.81 bits per heavy atom. The predicted molar refractivity (Wildman–Crippen MR) is 107 cm³/mol. The molecule has 0 saturated heterocycles. The first kappa shape index (κ1) is 18.7. The highest BCUT2D eigenvalue weighted by Crippen LogP contribution is 2.37. The van der Waals surface area contributed by atoms with Gasteiger partial charge in [0.2, 0.25) is 0 Å². The second-order valence-corrected chi connectivity index (χ2v) is 7.43. The number of hydrogen-bond acceptors (Lipinski definition) is 4. The maximum Gasteiger partial charge on any atom is 0.0530 e. The second kappa shape index (κ2) is 9.06. The van der Waals surface area contributed by atoms with Crippen LogP contribution in [0, 0.1) is 5.92 Å². The Hall–Kier alpha value is -2.04. The van der Waals surface area contributed by atoms with Gasteiger partial charge in [0.15, 0.2) is 0 Å². The van der Waals surface area contributed by atoms with Crippen molar-refractivity contribution in [3.63, 3.8) is 0 Å². The molecule has 0 amide bonds. The van der Waals surface area contributed by atoms with Gasteiger partial charge < -0.3 is 10.6 Å². The second-order valence-electron chi connectivity index (χ2n) is 7.43. The summed E-state index contributed by atoms with van der Waals surface area (Å²) in [4.78, 5) is 0. The molecule has 3 rings (SSSR count). The number of nitrogens with one attached hydrogen (secondary N) is 3. The van der Waals surface area contributed by atoms with E-state index in [0.29, 0.717) is 11.7 Å². The van der Waals surface area contributed by atoms with Crippen LogP contribution in [0.15, 0.2) is 53.9 Å². The molecular weight excluding hydrogens is 322 g/mol. The van der Waals surface area contributed by atoms with E-state index in [1.165, 1.54) is 36.9 Å². The molecule has 2 aliphatic rings. The van der Waals surface area contributed by atoms with Gasteiger partial charge in [0.1, 0.15) is 0 Å². The van der Waals surface area contributed by atoms with Crippen molar-refractivity contribution in [2.45, 2.75) is 51.6 Å². The molecule has 1 saturated carbocycles. The first-order valence-corrected chi connectivity index (χ1v) is 9.70. The number of hydrogen-bond donors (Lipinski definition) is 4. The van der Waals surface area contributed by atoms with Crippen molar-refractivity contribution in [1.29, 1.82) is 0 Å². The number of allylic oxidation sites excluding steroid dienone is 2. The highest BCUT2D eigenvalue weighted by molar-refractivity contribution is 5.52. The van der Waals surface area contributed by atoms with Crippen LogP contribution in [0.3, 0.4) is 0 Å². The molecule has 4 heteroatoms. The standard InChI is InChI=1S/C22H31N3O/c1-16(25-26)7-8-18-9-11-19(12-10-18)15-23-14-13-20-17(2)24-22-6-4-3-5-21(20)22/h7-12,21-26H,1,3-6,13-15H2,2H3/b8-7+. The third-order valence-electron chi connectivity index (χ3n) is 5.60. The summed E-state index contributed by atoms with van der Waals surface area (Å²) in [7, 11) is 0. The zero-order chi connectivity index (χ0) is 18.4. The minimum atomic E-state index is 0.474. The highest BCUT2D eigenvalue weighted by atomic mass is 16.5. The zero-order valence-corrected chi connectivity index (χ0v) is 15.7. The van der Waals surface area contributed by atoms with Crippen molar-refractivity contribution >= 4 is 6.08 Å². The van der Waals surface area contributed by atoms with Crippen LogP contribution >= 0.6 is 0 Å². The number of hydroxylamine groups is 1. The molecule has 2 unspecified atom stereocenters. The zero-order valence-electron chi connectivity index (χ0n) is 15.7. The number of rotatable bonds is 8. The lowest BCUT2D eigenvalue weighted by Crippen LogP contribution is -2.31. The summed E-state index contributed by atoms with van der Waals surface area (Å²) in [6.07, 6.45) is 10.3. The summed E-state index contributed by atoms with van der Waals surface area (Å²) in [5.74, 6) is 0.778. The summed E-state index contributed by atoms with van der Waals surface area (Å²) in [6.45, 7) is 7.82. The van der Waals surface area contributed by atoms with E-state index in [2.05, 4.69) is 48.4 Å². The molecule has 0 bridgehead atoms. The summed E-state index contributed by atoms with van der Waals surface area (Å²) < 4.78 is 0. The van der Waals surface area contributed by atoms with Gasteiger partial charge in [-0.3, -0.25) is 10.7 Å². The van der Waals surface area contributed by atoms with Crippen molar-refractivity contribution in [3.05, 3.63) is 65.0 Å². The molecule has 0 radical (unpaired) electrons. The van der Waals surface area contributed by atoms with Crippen molar-refractivity contribution < 1.29 is 5.21 Å². The molecule has 1 aliphatic heterocycles. The summed E-state index contributed by atoms with van der Waals surface area (Å²) >= 11 is 0. The van der Waals surface area contributed by atoms with Crippen LogP contribution in [0.25, 0.3) is 6.08 Å². The number of fused-ring (bicyclic) bond motifs is 1. The van der Waals surface area contributed by atoms with Gasteiger partial charge >= 0.3 is 0 Å². The van der Waals surface area contributed by atoms with Gasteiger partial charge in [0.25, 0.3) is 0 Å². The molecule has 1 heterocycles. The Bertz CT molecular complexity index is 675. The first-order chi connectivity index (χ1) is 12.7. The van der Waals surface area contributed by atoms with Crippen molar-refractivity contribution in [3.8, 4) is 0 Å². The summed E-state index contributed by atoms with van der Waals surface area (Å²) in [6, 6.07) is 9.15. The Kier molecular flexibility index (Phi) is 6.53. The van der Waals surface area contributed by atoms with Crippen molar-refractivity contribution in [2.24, 2.45) is 5.92 Å². The van der Waals surface area contributed by atoms with Crippen LogP contribution in [0.5, 0.6) is 0 Å². The molecule has 0 spiro atoms. The molecule has 1 fully saturated rings. The lowest BCUT2D eigenvalue weighted by atomic mass is 9.81. The molecule has 26 heavy (non-hydrogen) atoms. The van der Waals surface area contributed by atoms with Gasteiger partial charge in [0.05, 0.1) is 5.70 Å². The minimum absolute atomic E-state index is 0.474. The van der Waals surface area contributed by atoms with Gasteiger partial charge in [-0.05, 0) is 55.5 Å². The van der Waals surface area contributed by atoms with E-state index >= 15 is 0 Å². The molecule has 1 aromatic rings. The molecule has 2 atom stereocenters. The summed E-state index contributed by atoms with van der Waals surface area (Å²) in [5.41, 5.74) is 7.96. The third-order valence-corrected chi connectivity index (χ3v) is 5.60. The topological polar surface area (TPSA) is 56.3 Å². The van der Waals surface area contributed by atoms with Gasteiger partial charge in [-0.1, -0.05) is 49.8 Å². The Morgan fingerprint density at radius 1 is 1.27 bits per heavy atom. The minimum Gasteiger partial charge on any atom is -0.385 e. The van der Waals surface area contributed by atoms with E-state index in [9.17, 15) is 0 Å². The number of benzene rings is 1. The fourth-order valence-electron chi connectivity index (χ4n) is 4.18. The molecule has 4 nitrogen and oxygen atoms in total. The maximum atomic E-state index is 8.72. The van der Waals surface area contributed by atoms with E-state index in [1.807, 2.05) is 11.6 Å². The predicted octanol–water partition coefficient (Wildman–Crippen LogP) is 4.11. The third kappa shape index (κ3) is 4.77. The van der Waals surface area contributed by atoms with Crippen LogP contribution in [-0.2, 0) is 6.54 Å². The molecule has 1 aliphatic carbocycles. The van der Waals surface area contributed by atoms with Crippen LogP contribution in [0.4, 0.5) is 0 Å². The largest absolute Gasteiger partial charge is 0.385 e. The molecule has 1 aromatic carbocycles. The SMILES string of the molecule is C=C(/C=C/c1ccc(CNCCC2=C(C)NC3CCCCC23)cc1)NO. The van der Waals surface area contributed by atoms with E-state index in [-0.39, 0.29) is 0 Å². The van der Waals surface area contributed by atoms with Gasteiger partial charge in [-0.15, -0.1) is 0 Å². The lowest BCUT2D eigenvalue weighted by molar-refractivity contribution is 0.205. The first-order valence-electron chi connectivity index (χ1n) is 9.70. The van der Waals surface area contributed by atoms with E-state index in [1.54, 1.807) is 11.6 Å². The van der Waals surface area contributed by atoms with Gasteiger partial charge in [-0.2, -0.15) is 0 Å². The normalized spacial score (nSPS) is 22.4. The maximum absolute atomic E-state index is 8.72. The Morgan fingerprint density at radius 2 is 2.04 bits per heavy atom. The smallest absolute Gasteiger partial charge is 0.0530 e. The van der Waals surface area contributed by atoms with Crippen LogP contribution in [0.2, 0.25) is 0 Å². The van der Waals surface area contributed by atoms with Crippen LogP contribution in [0.1, 0.15) is 50.2 Å². The molecule has 4 N–H and O–H groups in total. The van der Waals surface area contributed by atoms with Crippen molar-refractivity contribution in [1.82, 2.24) is 16.1 Å². The highest BCUT2D eigenvalue weighted by Gasteiger charge is 2.33. The Labute approximate surface area is 157 Å². The Balaban J connectivity index is 1.43. The monoisotopic (exact) mass is 353 g/mol. The summed E-state index contributed by atoms with van der Waals surface area (Å²) in [5, 5.41) is 16.0.